The zero-order valence-electron chi connectivity index (χ0n) is 20.0. The van der Waals surface area contributed by atoms with Crippen LogP contribution in [0, 0.1) is 0 Å². The summed E-state index contributed by atoms with van der Waals surface area (Å²) < 4.78 is 10.7. The van der Waals surface area contributed by atoms with Gasteiger partial charge in [0.05, 0.1) is 11.1 Å². The molecule has 0 saturated heterocycles. The number of esters is 2. The van der Waals surface area contributed by atoms with Crippen LogP contribution in [0.4, 0.5) is 4.79 Å². The first-order valence-electron chi connectivity index (χ1n) is 10.7. The van der Waals surface area contributed by atoms with Crippen molar-refractivity contribution in [2.24, 2.45) is 5.73 Å². The quantitative estimate of drug-likeness (QED) is 0.334. The second-order valence-electron chi connectivity index (χ2n) is 9.66. The molecule has 1 amide bonds. The van der Waals surface area contributed by atoms with Gasteiger partial charge in [-0.25, -0.2) is 14.4 Å². The van der Waals surface area contributed by atoms with E-state index in [2.05, 4.69) is 15.5 Å². The van der Waals surface area contributed by atoms with Crippen molar-refractivity contribution >= 4 is 29.3 Å². The van der Waals surface area contributed by atoms with Crippen molar-refractivity contribution in [1.82, 2.24) is 20.3 Å². The number of carbonyl (C=O) groups is 3. The number of hydrogen-bond donors (Lipinski definition) is 2. The smallest absolute Gasteiger partial charge is 0.359 e. The molecule has 11 heteroatoms. The number of rotatable bonds is 8. The van der Waals surface area contributed by atoms with Gasteiger partial charge in [0.15, 0.2) is 0 Å². The highest BCUT2D eigenvalue weighted by Gasteiger charge is 2.47. The lowest BCUT2D eigenvalue weighted by Crippen LogP contribution is -2.59. The lowest BCUT2D eigenvalue weighted by Gasteiger charge is -2.32. The number of aromatic nitrogens is 3. The van der Waals surface area contributed by atoms with E-state index in [0.29, 0.717) is 18.5 Å². The first-order chi connectivity index (χ1) is 15.2. The van der Waals surface area contributed by atoms with Crippen molar-refractivity contribution in [2.45, 2.75) is 77.5 Å². The minimum absolute atomic E-state index is 0.00917. The Morgan fingerprint density at radius 1 is 1.06 bits per heavy atom. The number of nitrogens with one attached hydrogen (secondary N) is 1. The van der Waals surface area contributed by atoms with Gasteiger partial charge in [-0.1, -0.05) is 10.9 Å². The summed E-state index contributed by atoms with van der Waals surface area (Å²) in [5, 5.41) is 12.8. The van der Waals surface area contributed by atoms with Crippen molar-refractivity contribution in [3.05, 3.63) is 23.7 Å². The SMILES string of the molecule is CC(C)(C)OC(=O)C(N)(CCCCNC(=O)n1ncc(-c2cccs2)n1)C(=O)OC(C)(C)C. The van der Waals surface area contributed by atoms with Gasteiger partial charge in [0.1, 0.15) is 16.9 Å². The molecule has 10 nitrogen and oxygen atoms in total. The molecular formula is C22H33N5O5S. The van der Waals surface area contributed by atoms with Gasteiger partial charge >= 0.3 is 18.0 Å². The molecule has 0 saturated carbocycles. The summed E-state index contributed by atoms with van der Waals surface area (Å²) in [6.07, 6.45) is 2.38. The van der Waals surface area contributed by atoms with Gasteiger partial charge in [0.25, 0.3) is 0 Å². The molecular weight excluding hydrogens is 446 g/mol. The third kappa shape index (κ3) is 7.93. The first-order valence-corrected chi connectivity index (χ1v) is 11.6. The molecule has 0 aliphatic carbocycles. The maximum atomic E-state index is 12.7. The minimum atomic E-state index is -1.94. The first kappa shape index (κ1) is 26.5. The Morgan fingerprint density at radius 3 is 2.18 bits per heavy atom. The van der Waals surface area contributed by atoms with Crippen LogP contribution in [0.25, 0.3) is 10.6 Å². The summed E-state index contributed by atoms with van der Waals surface area (Å²) >= 11 is 1.50. The molecule has 0 atom stereocenters. The fourth-order valence-electron chi connectivity index (χ4n) is 2.72. The summed E-state index contributed by atoms with van der Waals surface area (Å²) in [5.41, 5.74) is 3.28. The molecule has 3 N–H and O–H groups in total. The van der Waals surface area contributed by atoms with Crippen LogP contribution in [0.5, 0.6) is 0 Å². The molecule has 2 heterocycles. The largest absolute Gasteiger partial charge is 0.458 e. The summed E-state index contributed by atoms with van der Waals surface area (Å²) in [5.74, 6) is -1.68. The maximum absolute atomic E-state index is 12.7. The molecule has 2 rings (SSSR count). The fraction of sp³-hybridized carbons (Fsp3) is 0.591. The average Bonchev–Trinajstić information content (AvgIpc) is 3.36. The lowest BCUT2D eigenvalue weighted by atomic mass is 9.93. The number of nitrogens with zero attached hydrogens (tertiary/aromatic N) is 3. The Bertz CT molecular complexity index is 929. The van der Waals surface area contributed by atoms with E-state index < -0.39 is 34.7 Å². The highest BCUT2D eigenvalue weighted by molar-refractivity contribution is 7.13. The molecule has 0 aliphatic rings. The number of ether oxygens (including phenoxy) is 2. The third-order valence-electron chi connectivity index (χ3n) is 4.25. The summed E-state index contributed by atoms with van der Waals surface area (Å²) in [6.45, 7) is 10.5. The van der Waals surface area contributed by atoms with E-state index in [1.54, 1.807) is 41.5 Å². The molecule has 0 unspecified atom stereocenters. The number of nitrogens with two attached hydrogens (primary N) is 1. The van der Waals surface area contributed by atoms with Crippen LogP contribution >= 0.6 is 11.3 Å². The molecule has 0 bridgehead atoms. The van der Waals surface area contributed by atoms with Crippen LogP contribution in [0.2, 0.25) is 0 Å². The van der Waals surface area contributed by atoms with Gasteiger partial charge in [-0.3, -0.25) is 0 Å². The number of carbonyl (C=O) groups excluding carboxylic acids is 3. The molecule has 0 aliphatic heterocycles. The molecule has 0 fully saturated rings. The van der Waals surface area contributed by atoms with Crippen LogP contribution in [-0.4, -0.2) is 56.2 Å². The van der Waals surface area contributed by atoms with Crippen LogP contribution in [0.3, 0.4) is 0 Å². The number of unbranched alkanes of at least 4 members (excludes halogenated alkanes) is 1. The van der Waals surface area contributed by atoms with Gasteiger partial charge in [-0.2, -0.15) is 5.10 Å². The van der Waals surface area contributed by atoms with Gasteiger partial charge in [0.2, 0.25) is 5.54 Å². The Balaban J connectivity index is 1.91. The average molecular weight is 480 g/mol. The molecule has 2 aromatic rings. The Morgan fingerprint density at radius 2 is 1.67 bits per heavy atom. The van der Waals surface area contributed by atoms with E-state index in [0.717, 1.165) is 9.67 Å². The van der Waals surface area contributed by atoms with Gasteiger partial charge in [-0.05, 0) is 72.3 Å². The molecule has 0 radical (unpaired) electrons. The zero-order valence-corrected chi connectivity index (χ0v) is 20.8. The molecule has 33 heavy (non-hydrogen) atoms. The molecule has 2 aromatic heterocycles. The van der Waals surface area contributed by atoms with Crippen LogP contribution < -0.4 is 11.1 Å². The highest BCUT2D eigenvalue weighted by Crippen LogP contribution is 2.23. The van der Waals surface area contributed by atoms with Crippen LogP contribution in [0.15, 0.2) is 23.7 Å². The second kappa shape index (κ2) is 10.4. The predicted octanol–water partition coefficient (Wildman–Crippen LogP) is 3.12. The number of amides is 1. The Labute approximate surface area is 197 Å². The third-order valence-corrected chi connectivity index (χ3v) is 5.14. The summed E-state index contributed by atoms with van der Waals surface area (Å²) in [6, 6.07) is 3.31. The molecule has 0 spiro atoms. The van der Waals surface area contributed by atoms with Gasteiger partial charge < -0.3 is 20.5 Å². The predicted molar refractivity (Wildman–Crippen MR) is 125 cm³/mol. The Kier molecular flexibility index (Phi) is 8.36. The van der Waals surface area contributed by atoms with Crippen molar-refractivity contribution in [2.75, 3.05) is 6.54 Å². The summed E-state index contributed by atoms with van der Waals surface area (Å²) in [7, 11) is 0. The molecule has 0 aromatic carbocycles. The van der Waals surface area contributed by atoms with Crippen LogP contribution in [0.1, 0.15) is 60.8 Å². The van der Waals surface area contributed by atoms with Crippen molar-refractivity contribution < 1.29 is 23.9 Å². The standard InChI is InChI=1S/C22H33N5O5S/c1-20(2,3)31-17(28)22(23,18(29)32-21(4,5)6)11-7-8-12-24-19(30)27-25-14-15(26-27)16-10-9-13-33-16/h9-10,13-14H,7-8,11-12,23H2,1-6H3,(H,24,30). The van der Waals surface area contributed by atoms with Crippen molar-refractivity contribution in [3.63, 3.8) is 0 Å². The van der Waals surface area contributed by atoms with E-state index in [1.807, 2.05) is 17.5 Å². The normalized spacial score (nSPS) is 12.3. The second-order valence-corrected chi connectivity index (χ2v) is 10.6. The van der Waals surface area contributed by atoms with E-state index in [-0.39, 0.29) is 13.0 Å². The van der Waals surface area contributed by atoms with E-state index in [1.165, 1.54) is 17.5 Å². The topological polar surface area (TPSA) is 138 Å². The Hall–Kier alpha value is -2.79. The van der Waals surface area contributed by atoms with Gasteiger partial charge in [0, 0.05) is 6.54 Å². The molecule has 182 valence electrons. The number of thiophene rings is 1. The van der Waals surface area contributed by atoms with E-state index in [4.69, 9.17) is 15.2 Å². The van der Waals surface area contributed by atoms with Crippen molar-refractivity contribution in [3.8, 4) is 10.6 Å². The summed E-state index contributed by atoms with van der Waals surface area (Å²) in [4.78, 5) is 39.6. The highest BCUT2D eigenvalue weighted by atomic mass is 32.1. The van der Waals surface area contributed by atoms with E-state index in [9.17, 15) is 14.4 Å². The van der Waals surface area contributed by atoms with Crippen molar-refractivity contribution in [1.29, 1.82) is 0 Å². The maximum Gasteiger partial charge on any atom is 0.359 e. The minimum Gasteiger partial charge on any atom is -0.458 e. The number of hydrogen-bond acceptors (Lipinski definition) is 9. The monoisotopic (exact) mass is 479 g/mol. The lowest BCUT2D eigenvalue weighted by molar-refractivity contribution is -0.177. The van der Waals surface area contributed by atoms with Crippen LogP contribution in [-0.2, 0) is 19.1 Å². The zero-order chi connectivity index (χ0) is 24.9. The fourth-order valence-corrected chi connectivity index (χ4v) is 3.39. The van der Waals surface area contributed by atoms with Gasteiger partial charge in [-0.15, -0.1) is 16.4 Å². The van der Waals surface area contributed by atoms with E-state index >= 15 is 0 Å².